The van der Waals surface area contributed by atoms with E-state index in [4.69, 9.17) is 0 Å². The summed E-state index contributed by atoms with van der Waals surface area (Å²) in [5.74, 6) is -0.166. The van der Waals surface area contributed by atoms with Gasteiger partial charge in [0.05, 0.1) is 0 Å². The Labute approximate surface area is 129 Å². The van der Waals surface area contributed by atoms with Gasteiger partial charge in [0.25, 0.3) is 0 Å². The lowest BCUT2D eigenvalue weighted by Gasteiger charge is -2.26. The molecule has 0 fully saturated rings. The molecule has 1 aromatic carbocycles. The van der Waals surface area contributed by atoms with Crippen LogP contribution in [0.5, 0.6) is 0 Å². The fraction of sp³-hybridized carbons (Fsp3) is 0.647. The highest BCUT2D eigenvalue weighted by atomic mass is 19.1. The van der Waals surface area contributed by atoms with Crippen LogP contribution in [0.1, 0.15) is 38.3 Å². The van der Waals surface area contributed by atoms with Crippen molar-refractivity contribution in [2.45, 2.75) is 32.7 Å². The number of halogens is 1. The van der Waals surface area contributed by atoms with E-state index in [-0.39, 0.29) is 11.9 Å². The molecule has 0 spiro atoms. The van der Waals surface area contributed by atoms with Crippen LogP contribution in [-0.2, 0) is 0 Å². The summed E-state index contributed by atoms with van der Waals surface area (Å²) in [7, 11) is 6.25. The van der Waals surface area contributed by atoms with Crippen molar-refractivity contribution in [2.24, 2.45) is 0 Å². The first-order valence-electron chi connectivity index (χ1n) is 7.84. The second-order valence-electron chi connectivity index (χ2n) is 5.96. The van der Waals surface area contributed by atoms with Crippen LogP contribution in [0.3, 0.4) is 0 Å². The number of nitrogens with zero attached hydrogens (tertiary/aromatic N) is 2. The summed E-state index contributed by atoms with van der Waals surface area (Å²) >= 11 is 0. The summed E-state index contributed by atoms with van der Waals surface area (Å²) < 4.78 is 13.6. The number of nitrogens with one attached hydrogen (secondary N) is 1. The summed E-state index contributed by atoms with van der Waals surface area (Å²) in [4.78, 5) is 4.41. The van der Waals surface area contributed by atoms with Crippen molar-refractivity contribution in [1.82, 2.24) is 10.2 Å². The largest absolute Gasteiger partial charge is 0.374 e. The average Bonchev–Trinajstić information content (AvgIpc) is 2.44. The number of anilines is 1. The van der Waals surface area contributed by atoms with Crippen LogP contribution in [0.15, 0.2) is 18.2 Å². The van der Waals surface area contributed by atoms with Gasteiger partial charge in [-0.25, -0.2) is 4.39 Å². The maximum absolute atomic E-state index is 13.6. The fourth-order valence-electron chi connectivity index (χ4n) is 2.44. The number of benzene rings is 1. The van der Waals surface area contributed by atoms with Crippen molar-refractivity contribution in [3.8, 4) is 0 Å². The standard InChI is InChI=1S/C17H30FN3/c1-6-10-19-14(2)16-13-15(18)8-9-17(16)21(5)12-7-11-20(3)4/h8-9,13-14,19H,6-7,10-12H2,1-5H3. The van der Waals surface area contributed by atoms with Crippen LogP contribution in [0, 0.1) is 5.82 Å². The predicted molar refractivity (Wildman–Crippen MR) is 89.5 cm³/mol. The summed E-state index contributed by atoms with van der Waals surface area (Å²) in [6.07, 6.45) is 2.17. The van der Waals surface area contributed by atoms with Gasteiger partial charge in [-0.2, -0.15) is 0 Å². The predicted octanol–water partition coefficient (Wildman–Crippen LogP) is 3.27. The smallest absolute Gasteiger partial charge is 0.123 e. The molecule has 1 unspecified atom stereocenters. The molecule has 0 aliphatic carbocycles. The lowest BCUT2D eigenvalue weighted by atomic mass is 10.0. The van der Waals surface area contributed by atoms with Crippen molar-refractivity contribution < 1.29 is 4.39 Å². The minimum absolute atomic E-state index is 0.159. The third-order valence-electron chi connectivity index (χ3n) is 3.67. The first kappa shape index (κ1) is 17.9. The Morgan fingerprint density at radius 3 is 2.52 bits per heavy atom. The number of hydrogen-bond donors (Lipinski definition) is 1. The van der Waals surface area contributed by atoms with Gasteiger partial charge in [-0.1, -0.05) is 6.92 Å². The molecule has 120 valence electrons. The van der Waals surface area contributed by atoms with Crippen molar-refractivity contribution in [1.29, 1.82) is 0 Å². The Morgan fingerprint density at radius 2 is 1.90 bits per heavy atom. The third kappa shape index (κ3) is 6.02. The molecule has 0 bridgehead atoms. The summed E-state index contributed by atoms with van der Waals surface area (Å²) in [5.41, 5.74) is 2.15. The van der Waals surface area contributed by atoms with Crippen molar-refractivity contribution in [3.63, 3.8) is 0 Å². The monoisotopic (exact) mass is 295 g/mol. The molecule has 0 aliphatic heterocycles. The Hall–Kier alpha value is -1.13. The third-order valence-corrected chi connectivity index (χ3v) is 3.67. The molecule has 4 heteroatoms. The van der Waals surface area contributed by atoms with Crippen LogP contribution < -0.4 is 10.2 Å². The first-order valence-corrected chi connectivity index (χ1v) is 7.84. The SMILES string of the molecule is CCCNC(C)c1cc(F)ccc1N(C)CCCN(C)C. The van der Waals surface area contributed by atoms with Crippen LogP contribution in [0.4, 0.5) is 10.1 Å². The molecule has 0 aromatic heterocycles. The Morgan fingerprint density at radius 1 is 1.19 bits per heavy atom. The van der Waals surface area contributed by atoms with Gasteiger partial charge in [-0.05, 0) is 70.7 Å². The normalized spacial score (nSPS) is 12.7. The van der Waals surface area contributed by atoms with Crippen molar-refractivity contribution >= 4 is 5.69 Å². The highest BCUT2D eigenvalue weighted by molar-refractivity contribution is 5.54. The van der Waals surface area contributed by atoms with E-state index in [9.17, 15) is 4.39 Å². The van der Waals surface area contributed by atoms with Gasteiger partial charge in [-0.15, -0.1) is 0 Å². The zero-order chi connectivity index (χ0) is 15.8. The zero-order valence-corrected chi connectivity index (χ0v) is 14.1. The van der Waals surface area contributed by atoms with E-state index in [1.807, 2.05) is 6.07 Å². The number of rotatable bonds is 9. The molecule has 1 aromatic rings. The molecular formula is C17H30FN3. The topological polar surface area (TPSA) is 18.5 Å². The number of hydrogen-bond acceptors (Lipinski definition) is 3. The van der Waals surface area contributed by atoms with Crippen LogP contribution in [0.2, 0.25) is 0 Å². The molecule has 1 rings (SSSR count). The van der Waals surface area contributed by atoms with Crippen molar-refractivity contribution in [2.75, 3.05) is 45.7 Å². The van der Waals surface area contributed by atoms with Gasteiger partial charge in [0.2, 0.25) is 0 Å². The van der Waals surface area contributed by atoms with Gasteiger partial charge in [0.1, 0.15) is 5.82 Å². The van der Waals surface area contributed by atoms with Crippen LogP contribution >= 0.6 is 0 Å². The Kier molecular flexibility index (Phi) is 7.68. The molecule has 1 atom stereocenters. The van der Waals surface area contributed by atoms with E-state index in [0.717, 1.165) is 43.7 Å². The molecule has 1 N–H and O–H groups in total. The van der Waals surface area contributed by atoms with Gasteiger partial charge in [0.15, 0.2) is 0 Å². The first-order chi connectivity index (χ1) is 9.95. The highest BCUT2D eigenvalue weighted by Crippen LogP contribution is 2.26. The van der Waals surface area contributed by atoms with E-state index in [2.05, 4.69) is 50.1 Å². The maximum Gasteiger partial charge on any atom is 0.123 e. The molecule has 21 heavy (non-hydrogen) atoms. The second-order valence-corrected chi connectivity index (χ2v) is 5.96. The summed E-state index contributed by atoms with van der Waals surface area (Å²) in [6, 6.07) is 5.26. The van der Waals surface area contributed by atoms with Gasteiger partial charge in [-0.3, -0.25) is 0 Å². The highest BCUT2D eigenvalue weighted by Gasteiger charge is 2.14. The molecule has 0 aliphatic rings. The molecule has 0 heterocycles. The quantitative estimate of drug-likeness (QED) is 0.754. The van der Waals surface area contributed by atoms with E-state index < -0.39 is 0 Å². The van der Waals surface area contributed by atoms with E-state index >= 15 is 0 Å². The maximum atomic E-state index is 13.6. The molecule has 0 radical (unpaired) electrons. The molecule has 0 saturated heterocycles. The van der Waals surface area contributed by atoms with Gasteiger partial charge in [0, 0.05) is 25.3 Å². The van der Waals surface area contributed by atoms with Crippen molar-refractivity contribution in [3.05, 3.63) is 29.6 Å². The second kappa shape index (κ2) is 9.00. The van der Waals surface area contributed by atoms with E-state index in [0.29, 0.717) is 0 Å². The zero-order valence-electron chi connectivity index (χ0n) is 14.1. The summed E-state index contributed by atoms with van der Waals surface area (Å²) in [6.45, 7) is 7.21. The molecule has 3 nitrogen and oxygen atoms in total. The minimum Gasteiger partial charge on any atom is -0.374 e. The van der Waals surface area contributed by atoms with E-state index in [1.165, 1.54) is 0 Å². The van der Waals surface area contributed by atoms with Crippen LogP contribution in [0.25, 0.3) is 0 Å². The molecule has 0 amide bonds. The summed E-state index contributed by atoms with van der Waals surface area (Å²) in [5, 5.41) is 3.44. The Balaban J connectivity index is 2.79. The van der Waals surface area contributed by atoms with Crippen LogP contribution in [-0.4, -0.2) is 45.7 Å². The lowest BCUT2D eigenvalue weighted by Crippen LogP contribution is -2.26. The molecular weight excluding hydrogens is 265 g/mol. The Bertz CT molecular complexity index is 420. The molecule has 0 saturated carbocycles. The van der Waals surface area contributed by atoms with Gasteiger partial charge >= 0.3 is 0 Å². The lowest BCUT2D eigenvalue weighted by molar-refractivity contribution is 0.401. The fourth-order valence-corrected chi connectivity index (χ4v) is 2.44. The van der Waals surface area contributed by atoms with Gasteiger partial charge < -0.3 is 15.1 Å². The minimum atomic E-state index is -0.166. The average molecular weight is 295 g/mol. The van der Waals surface area contributed by atoms with E-state index in [1.54, 1.807) is 12.1 Å².